The zero-order chi connectivity index (χ0) is 19.3. The molecule has 2 aromatic rings. The van der Waals surface area contributed by atoms with Gasteiger partial charge in [-0.2, -0.15) is 0 Å². The number of benzene rings is 1. The van der Waals surface area contributed by atoms with E-state index in [1.807, 2.05) is 31.5 Å². The SMILES string of the molecule is CCOCCOCCCCCc1cnc(-c2ccc(OC(C)=O)cc2)nc1. The minimum absolute atomic E-state index is 0.333. The molecule has 0 aliphatic heterocycles. The van der Waals surface area contributed by atoms with Crippen LogP contribution in [-0.2, 0) is 20.7 Å². The summed E-state index contributed by atoms with van der Waals surface area (Å²) in [6.45, 7) is 6.23. The molecule has 146 valence electrons. The molecule has 0 fully saturated rings. The number of hydrogen-bond acceptors (Lipinski definition) is 6. The van der Waals surface area contributed by atoms with Gasteiger partial charge < -0.3 is 14.2 Å². The molecule has 0 spiro atoms. The van der Waals surface area contributed by atoms with Crippen molar-refractivity contribution in [2.75, 3.05) is 26.4 Å². The molecule has 0 aliphatic rings. The van der Waals surface area contributed by atoms with Gasteiger partial charge in [0.1, 0.15) is 5.75 Å². The molecule has 1 heterocycles. The highest BCUT2D eigenvalue weighted by atomic mass is 16.5. The molecule has 0 aliphatic carbocycles. The lowest BCUT2D eigenvalue weighted by Crippen LogP contribution is -2.04. The molecule has 6 nitrogen and oxygen atoms in total. The van der Waals surface area contributed by atoms with E-state index in [4.69, 9.17) is 14.2 Å². The fourth-order valence-corrected chi connectivity index (χ4v) is 2.55. The highest BCUT2D eigenvalue weighted by Gasteiger charge is 2.04. The summed E-state index contributed by atoms with van der Waals surface area (Å²) < 4.78 is 15.8. The van der Waals surface area contributed by atoms with E-state index >= 15 is 0 Å². The Morgan fingerprint density at radius 3 is 2.30 bits per heavy atom. The van der Waals surface area contributed by atoms with Gasteiger partial charge in [0.05, 0.1) is 13.2 Å². The summed E-state index contributed by atoms with van der Waals surface area (Å²) in [5, 5.41) is 0. The maximum Gasteiger partial charge on any atom is 0.308 e. The van der Waals surface area contributed by atoms with Crippen molar-refractivity contribution >= 4 is 5.97 Å². The lowest BCUT2D eigenvalue weighted by Gasteiger charge is -2.06. The molecule has 0 bridgehead atoms. The average molecular weight is 372 g/mol. The van der Waals surface area contributed by atoms with Crippen LogP contribution >= 0.6 is 0 Å². The van der Waals surface area contributed by atoms with Crippen LogP contribution < -0.4 is 4.74 Å². The first kappa shape index (κ1) is 21.0. The summed E-state index contributed by atoms with van der Waals surface area (Å²) in [7, 11) is 0. The molecule has 1 aromatic carbocycles. The maximum absolute atomic E-state index is 10.9. The van der Waals surface area contributed by atoms with Crippen LogP contribution in [0.5, 0.6) is 5.75 Å². The molecule has 0 unspecified atom stereocenters. The average Bonchev–Trinajstić information content (AvgIpc) is 2.67. The Morgan fingerprint density at radius 1 is 0.926 bits per heavy atom. The van der Waals surface area contributed by atoms with Crippen LogP contribution in [0.1, 0.15) is 38.7 Å². The van der Waals surface area contributed by atoms with Gasteiger partial charge in [0.15, 0.2) is 5.82 Å². The van der Waals surface area contributed by atoms with Gasteiger partial charge >= 0.3 is 5.97 Å². The Bertz CT molecular complexity index is 672. The van der Waals surface area contributed by atoms with E-state index in [0.29, 0.717) is 24.8 Å². The maximum atomic E-state index is 10.9. The number of esters is 1. The van der Waals surface area contributed by atoms with Crippen LogP contribution in [0.25, 0.3) is 11.4 Å². The molecule has 0 saturated carbocycles. The number of carbonyl (C=O) groups is 1. The Morgan fingerprint density at radius 2 is 1.63 bits per heavy atom. The fourth-order valence-electron chi connectivity index (χ4n) is 2.55. The zero-order valence-electron chi connectivity index (χ0n) is 16.1. The summed E-state index contributed by atoms with van der Waals surface area (Å²) in [5.74, 6) is 0.848. The van der Waals surface area contributed by atoms with Gasteiger partial charge in [-0.15, -0.1) is 0 Å². The second-order valence-electron chi connectivity index (χ2n) is 6.15. The first-order chi connectivity index (χ1) is 13.2. The van der Waals surface area contributed by atoms with Gasteiger partial charge in [0, 0.05) is 38.1 Å². The summed E-state index contributed by atoms with van der Waals surface area (Å²) in [5.41, 5.74) is 2.02. The van der Waals surface area contributed by atoms with Gasteiger partial charge in [-0.3, -0.25) is 4.79 Å². The van der Waals surface area contributed by atoms with Crippen LogP contribution in [0, 0.1) is 0 Å². The third kappa shape index (κ3) is 8.28. The number of aromatic nitrogens is 2. The van der Waals surface area contributed by atoms with E-state index < -0.39 is 0 Å². The molecule has 0 saturated heterocycles. The Labute approximate surface area is 160 Å². The number of rotatable bonds is 12. The predicted molar refractivity (Wildman–Crippen MR) is 104 cm³/mol. The van der Waals surface area contributed by atoms with Crippen LogP contribution in [0.4, 0.5) is 0 Å². The van der Waals surface area contributed by atoms with Crippen LogP contribution in [-0.4, -0.2) is 42.4 Å². The molecular formula is C21H28N2O4. The number of carbonyl (C=O) groups excluding carboxylic acids is 1. The van der Waals surface area contributed by atoms with Crippen molar-refractivity contribution in [2.24, 2.45) is 0 Å². The first-order valence-corrected chi connectivity index (χ1v) is 9.44. The molecule has 1 aromatic heterocycles. The normalized spacial score (nSPS) is 10.7. The largest absolute Gasteiger partial charge is 0.427 e. The second kappa shape index (κ2) is 12.1. The monoisotopic (exact) mass is 372 g/mol. The molecule has 0 atom stereocenters. The van der Waals surface area contributed by atoms with Crippen LogP contribution in [0.3, 0.4) is 0 Å². The molecule has 2 rings (SSSR count). The van der Waals surface area contributed by atoms with Crippen molar-refractivity contribution in [3.05, 3.63) is 42.2 Å². The van der Waals surface area contributed by atoms with Crippen molar-refractivity contribution in [3.8, 4) is 17.1 Å². The van der Waals surface area contributed by atoms with E-state index in [1.165, 1.54) is 6.92 Å². The summed E-state index contributed by atoms with van der Waals surface area (Å²) >= 11 is 0. The van der Waals surface area contributed by atoms with Gasteiger partial charge in [0.25, 0.3) is 0 Å². The smallest absolute Gasteiger partial charge is 0.308 e. The molecule has 0 amide bonds. The quantitative estimate of drug-likeness (QED) is 0.320. The van der Waals surface area contributed by atoms with Gasteiger partial charge in [-0.05, 0) is 56.0 Å². The lowest BCUT2D eigenvalue weighted by molar-refractivity contribution is -0.131. The number of hydrogen-bond donors (Lipinski definition) is 0. The number of nitrogens with zero attached hydrogens (tertiary/aromatic N) is 2. The Hall–Kier alpha value is -2.31. The van der Waals surface area contributed by atoms with Crippen molar-refractivity contribution in [1.82, 2.24) is 9.97 Å². The number of ether oxygens (including phenoxy) is 3. The van der Waals surface area contributed by atoms with E-state index in [9.17, 15) is 4.79 Å². The molecule has 0 radical (unpaired) electrons. The highest BCUT2D eigenvalue weighted by molar-refractivity contribution is 5.69. The zero-order valence-corrected chi connectivity index (χ0v) is 16.1. The number of unbranched alkanes of at least 4 members (excludes halogenated alkanes) is 2. The van der Waals surface area contributed by atoms with E-state index in [2.05, 4.69) is 9.97 Å². The lowest BCUT2D eigenvalue weighted by atomic mass is 10.1. The molecule has 0 N–H and O–H groups in total. The number of aryl methyl sites for hydroxylation is 1. The topological polar surface area (TPSA) is 70.5 Å². The third-order valence-electron chi connectivity index (χ3n) is 3.91. The van der Waals surface area contributed by atoms with Gasteiger partial charge in [0.2, 0.25) is 0 Å². The van der Waals surface area contributed by atoms with Gasteiger partial charge in [-0.1, -0.05) is 6.42 Å². The van der Waals surface area contributed by atoms with Crippen molar-refractivity contribution < 1.29 is 19.0 Å². The standard InChI is InChI=1S/C21H28N2O4/c1-3-25-13-14-26-12-6-4-5-7-18-15-22-21(23-16-18)19-8-10-20(11-9-19)27-17(2)24/h8-11,15-16H,3-7,12-14H2,1-2H3. The van der Waals surface area contributed by atoms with Crippen molar-refractivity contribution in [1.29, 1.82) is 0 Å². The minimum Gasteiger partial charge on any atom is -0.427 e. The van der Waals surface area contributed by atoms with E-state index in [-0.39, 0.29) is 5.97 Å². The van der Waals surface area contributed by atoms with Crippen LogP contribution in [0.2, 0.25) is 0 Å². The summed E-state index contributed by atoms with van der Waals surface area (Å²) in [6.07, 6.45) is 7.98. The van der Waals surface area contributed by atoms with Gasteiger partial charge in [-0.25, -0.2) is 9.97 Å². The Balaban J connectivity index is 1.68. The van der Waals surface area contributed by atoms with Crippen molar-refractivity contribution in [3.63, 3.8) is 0 Å². The predicted octanol–water partition coefficient (Wildman–Crippen LogP) is 3.83. The minimum atomic E-state index is -0.333. The first-order valence-electron chi connectivity index (χ1n) is 9.44. The summed E-state index contributed by atoms with van der Waals surface area (Å²) in [4.78, 5) is 19.8. The highest BCUT2D eigenvalue weighted by Crippen LogP contribution is 2.19. The molecule has 27 heavy (non-hydrogen) atoms. The summed E-state index contributed by atoms with van der Waals surface area (Å²) in [6, 6.07) is 7.17. The molecular weight excluding hydrogens is 344 g/mol. The molecule has 6 heteroatoms. The Kier molecular flexibility index (Phi) is 9.44. The fraction of sp³-hybridized carbons (Fsp3) is 0.476. The van der Waals surface area contributed by atoms with E-state index in [0.717, 1.165) is 50.0 Å². The van der Waals surface area contributed by atoms with Crippen LogP contribution in [0.15, 0.2) is 36.7 Å². The second-order valence-corrected chi connectivity index (χ2v) is 6.15. The van der Waals surface area contributed by atoms with Crippen molar-refractivity contribution in [2.45, 2.75) is 39.5 Å². The third-order valence-corrected chi connectivity index (χ3v) is 3.91. The van der Waals surface area contributed by atoms with E-state index in [1.54, 1.807) is 12.1 Å².